The molecule has 0 aliphatic carbocycles. The Morgan fingerprint density at radius 2 is 1.05 bits per heavy atom. The zero-order valence-electron chi connectivity index (χ0n) is 33.1. The third kappa shape index (κ3) is 5.08. The molecule has 0 saturated heterocycles. The fourth-order valence-corrected chi connectivity index (χ4v) is 14.3. The van der Waals surface area contributed by atoms with E-state index >= 15 is 0 Å². The van der Waals surface area contributed by atoms with Crippen LogP contribution in [0.25, 0.3) is 81.8 Å². The molecule has 0 aliphatic heterocycles. The molecule has 5 aromatic heterocycles. The third-order valence-electron chi connectivity index (χ3n) is 12.3. The lowest BCUT2D eigenvalue weighted by molar-refractivity contribution is 0.669. The first-order valence-electron chi connectivity index (χ1n) is 20.4. The highest BCUT2D eigenvalue weighted by Crippen LogP contribution is 2.41. The minimum atomic E-state index is -3.58. The Morgan fingerprint density at radius 3 is 1.68 bits per heavy atom. The second kappa shape index (κ2) is 13.8. The Labute approximate surface area is 356 Å². The molecule has 7 nitrogen and oxygen atoms in total. The number of aromatic nitrogens is 4. The number of para-hydroxylation sites is 4. The molecule has 0 saturated carbocycles. The van der Waals surface area contributed by atoms with Gasteiger partial charge in [-0.25, -0.2) is 4.85 Å². The van der Waals surface area contributed by atoms with Crippen molar-refractivity contribution in [1.82, 2.24) is 19.1 Å². The number of fused-ring (bicyclic) bond motifs is 10. The fourth-order valence-electron chi connectivity index (χ4n) is 9.84. The molecule has 5 heterocycles. The fraction of sp³-hybridized carbons (Fsp3) is 0. The summed E-state index contributed by atoms with van der Waals surface area (Å²) in [6.45, 7) is 8.57. The van der Waals surface area contributed by atoms with Crippen LogP contribution in [0.1, 0.15) is 5.56 Å². The lowest BCUT2D eigenvalue weighted by Gasteiger charge is -2.33. The van der Waals surface area contributed by atoms with E-state index in [0.717, 1.165) is 97.9 Å². The van der Waals surface area contributed by atoms with Gasteiger partial charge in [-0.3, -0.25) is 9.97 Å². The van der Waals surface area contributed by atoms with Gasteiger partial charge in [0.25, 0.3) is 0 Å². The number of pyridine rings is 2. The van der Waals surface area contributed by atoms with Gasteiger partial charge in [0.05, 0.1) is 40.3 Å². The smallest absolute Gasteiger partial charge is 0.222 e. The number of benzene rings is 7. The van der Waals surface area contributed by atoms with E-state index in [-0.39, 0.29) is 0 Å². The van der Waals surface area contributed by atoms with Gasteiger partial charge in [0.1, 0.15) is 11.2 Å². The molecule has 0 N–H and O–H groups in total. The first-order valence-corrected chi connectivity index (χ1v) is 22.4. The Hall–Kier alpha value is -8.56. The van der Waals surface area contributed by atoms with E-state index in [9.17, 15) is 5.26 Å². The van der Waals surface area contributed by atoms with Gasteiger partial charge in [0, 0.05) is 66.7 Å². The monoisotopic (exact) mass is 808 g/mol. The molecule has 12 rings (SSSR count). The molecule has 288 valence electrons. The van der Waals surface area contributed by atoms with Gasteiger partial charge in [-0.15, -0.1) is 0 Å². The summed E-state index contributed by atoms with van der Waals surface area (Å²) in [4.78, 5) is 14.5. The average molecular weight is 809 g/mol. The molecular formula is C54H32N6OSi. The summed E-state index contributed by atoms with van der Waals surface area (Å²) in [5, 5.41) is 20.9. The molecule has 0 aliphatic rings. The number of hydrogen-bond donors (Lipinski definition) is 0. The van der Waals surface area contributed by atoms with Crippen LogP contribution < -0.4 is 21.0 Å². The Kier molecular flexibility index (Phi) is 7.85. The highest BCUT2D eigenvalue weighted by molar-refractivity contribution is 7.19. The molecule has 0 bridgehead atoms. The summed E-state index contributed by atoms with van der Waals surface area (Å²) in [7, 11) is -3.58. The van der Waals surface area contributed by atoms with Crippen molar-refractivity contribution in [2.75, 3.05) is 0 Å². The van der Waals surface area contributed by atoms with E-state index < -0.39 is 8.07 Å². The normalized spacial score (nSPS) is 11.8. The number of nitriles is 1. The van der Waals surface area contributed by atoms with Crippen molar-refractivity contribution in [3.05, 3.63) is 211 Å². The molecule has 0 atom stereocenters. The summed E-state index contributed by atoms with van der Waals surface area (Å²) < 4.78 is 10.9. The van der Waals surface area contributed by atoms with E-state index in [1.807, 2.05) is 79.1 Å². The van der Waals surface area contributed by atoms with Crippen molar-refractivity contribution < 1.29 is 4.42 Å². The van der Waals surface area contributed by atoms with E-state index in [1.54, 1.807) is 0 Å². The maximum atomic E-state index is 10.8. The van der Waals surface area contributed by atoms with E-state index in [0.29, 0.717) is 11.3 Å². The lowest BCUT2D eigenvalue weighted by atomic mass is 10.1. The Morgan fingerprint density at radius 1 is 0.500 bits per heavy atom. The first kappa shape index (κ1) is 35.4. The van der Waals surface area contributed by atoms with Crippen LogP contribution in [0.3, 0.4) is 0 Å². The van der Waals surface area contributed by atoms with Gasteiger partial charge < -0.3 is 13.6 Å². The van der Waals surface area contributed by atoms with Crippen LogP contribution in [0.5, 0.6) is 0 Å². The van der Waals surface area contributed by atoms with Gasteiger partial charge in [-0.1, -0.05) is 96.2 Å². The zero-order valence-corrected chi connectivity index (χ0v) is 34.1. The minimum absolute atomic E-state index is 0.487. The molecule has 62 heavy (non-hydrogen) atoms. The van der Waals surface area contributed by atoms with Gasteiger partial charge in [-0.05, 0) is 96.2 Å². The van der Waals surface area contributed by atoms with Crippen LogP contribution in [0.15, 0.2) is 199 Å². The zero-order chi connectivity index (χ0) is 41.4. The third-order valence-corrected chi connectivity index (χ3v) is 16.8. The standard InChI is InChI=1S/C54H32N6OSi/c1-56-36-30-38(60-47-20-8-4-16-43(47)53-48(60)24-25-50-54(53)44-17-5-9-21-49(44)61-50)33-40(31-36)62(51-22-10-12-26-57-51,52-23-11-13-27-58-52)39-29-35(34-55)28-37(32-39)59-45-18-6-2-14-41(45)42-15-3-7-19-46(42)59/h2-33H. The van der Waals surface area contributed by atoms with Crippen LogP contribution >= 0.6 is 0 Å². The molecular weight excluding hydrogens is 777 g/mol. The van der Waals surface area contributed by atoms with Crippen molar-refractivity contribution in [3.8, 4) is 17.4 Å². The maximum absolute atomic E-state index is 10.8. The van der Waals surface area contributed by atoms with Crippen molar-refractivity contribution >= 4 is 100 Å². The number of rotatable bonds is 6. The highest BCUT2D eigenvalue weighted by Gasteiger charge is 2.45. The van der Waals surface area contributed by atoms with Gasteiger partial charge in [0.15, 0.2) is 5.69 Å². The second-order valence-corrected chi connectivity index (χ2v) is 19.2. The molecule has 7 aromatic carbocycles. The average Bonchev–Trinajstić information content (AvgIpc) is 4.00. The maximum Gasteiger partial charge on any atom is 0.222 e. The highest BCUT2D eigenvalue weighted by atomic mass is 28.3. The quantitative estimate of drug-likeness (QED) is 0.124. The second-order valence-electron chi connectivity index (χ2n) is 15.6. The van der Waals surface area contributed by atoms with Crippen LogP contribution in [0.4, 0.5) is 5.69 Å². The van der Waals surface area contributed by atoms with E-state index in [1.165, 1.54) is 0 Å². The molecule has 0 radical (unpaired) electrons. The molecule has 8 heteroatoms. The Balaban J connectivity index is 1.21. The van der Waals surface area contributed by atoms with Crippen LogP contribution in [0, 0.1) is 17.9 Å². The number of furan rings is 1. The summed E-state index contributed by atoms with van der Waals surface area (Å²) in [6.07, 6.45) is 3.66. The SMILES string of the molecule is [C-]#[N+]c1cc(-n2c3ccccc3c3c4c(ccc32)oc2ccccc24)cc([Si](c2cc(C#N)cc(-n3c4ccccc4c4ccccc43)c2)(c2ccccn2)c2ccccn2)c1. The first-order chi connectivity index (χ1) is 30.6. The van der Waals surface area contributed by atoms with Crippen LogP contribution in [-0.4, -0.2) is 27.2 Å². The predicted molar refractivity (Wildman–Crippen MR) is 253 cm³/mol. The summed E-state index contributed by atoms with van der Waals surface area (Å²) in [5.41, 5.74) is 8.47. The molecule has 12 aromatic rings. The largest absolute Gasteiger partial charge is 0.456 e. The van der Waals surface area contributed by atoms with Crippen molar-refractivity contribution in [2.45, 2.75) is 0 Å². The summed E-state index contributed by atoms with van der Waals surface area (Å²) in [6, 6.07) is 64.6. The van der Waals surface area contributed by atoms with Gasteiger partial charge in [0.2, 0.25) is 8.07 Å². The number of nitrogens with zero attached hydrogens (tertiary/aromatic N) is 6. The minimum Gasteiger partial charge on any atom is -0.456 e. The van der Waals surface area contributed by atoms with Crippen molar-refractivity contribution in [2.24, 2.45) is 0 Å². The van der Waals surface area contributed by atoms with Crippen molar-refractivity contribution in [3.63, 3.8) is 0 Å². The van der Waals surface area contributed by atoms with Crippen molar-refractivity contribution in [1.29, 1.82) is 5.26 Å². The van der Waals surface area contributed by atoms with Crippen LogP contribution in [0.2, 0.25) is 0 Å². The number of hydrogen-bond acceptors (Lipinski definition) is 4. The lowest BCUT2D eigenvalue weighted by Crippen LogP contribution is -2.76. The molecule has 0 fully saturated rings. The predicted octanol–water partition coefficient (Wildman–Crippen LogP) is 10.4. The molecule has 0 amide bonds. The van der Waals surface area contributed by atoms with Crippen LogP contribution in [-0.2, 0) is 0 Å². The Bertz CT molecular complexity index is 3760. The molecule has 0 unspecified atom stereocenters. The topological polar surface area (TPSA) is 76.9 Å². The van der Waals surface area contributed by atoms with Gasteiger partial charge in [-0.2, -0.15) is 5.26 Å². The summed E-state index contributed by atoms with van der Waals surface area (Å²) >= 11 is 0. The van der Waals surface area contributed by atoms with E-state index in [2.05, 4.69) is 135 Å². The summed E-state index contributed by atoms with van der Waals surface area (Å²) in [5.74, 6) is 0. The van der Waals surface area contributed by atoms with E-state index in [4.69, 9.17) is 21.0 Å². The molecule has 0 spiro atoms. The van der Waals surface area contributed by atoms with Gasteiger partial charge >= 0.3 is 0 Å².